The molecule has 0 spiro atoms. The van der Waals surface area contributed by atoms with Crippen molar-refractivity contribution in [1.29, 1.82) is 0 Å². The highest BCUT2D eigenvalue weighted by atomic mass is 32.1. The number of fused-ring (bicyclic) bond motifs is 6. The number of piperidine rings is 1. The Bertz CT molecular complexity index is 917. The monoisotopic (exact) mass is 396 g/mol. The van der Waals surface area contributed by atoms with E-state index in [1.54, 1.807) is 7.11 Å². The molecule has 0 saturated carbocycles. The first-order chi connectivity index (χ1) is 13.7. The molecular formula is C22H24N2O3S. The number of methoxy groups -OCH3 is 1. The summed E-state index contributed by atoms with van der Waals surface area (Å²) in [4.78, 5) is 2.36. The summed E-state index contributed by atoms with van der Waals surface area (Å²) in [6.07, 6.45) is 2.30. The summed E-state index contributed by atoms with van der Waals surface area (Å²) in [6, 6.07) is 13.4. The van der Waals surface area contributed by atoms with E-state index in [-0.39, 0.29) is 0 Å². The lowest BCUT2D eigenvalue weighted by molar-refractivity contribution is 0.174. The molecule has 0 aromatic heterocycles. The molecular weight excluding hydrogens is 372 g/mol. The number of rotatable bonds is 4. The van der Waals surface area contributed by atoms with Crippen LogP contribution in [0.15, 0.2) is 36.4 Å². The van der Waals surface area contributed by atoms with E-state index >= 15 is 0 Å². The van der Waals surface area contributed by atoms with Gasteiger partial charge in [-0.25, -0.2) is 0 Å². The maximum Gasteiger partial charge on any atom is 0.231 e. The van der Waals surface area contributed by atoms with Crippen LogP contribution < -0.4 is 14.8 Å². The zero-order chi connectivity index (χ0) is 19.1. The molecule has 2 heterocycles. The third-order valence-corrected chi connectivity index (χ3v) is 6.42. The Morgan fingerprint density at radius 3 is 2.86 bits per heavy atom. The molecule has 0 unspecified atom stereocenters. The molecule has 6 heteroatoms. The van der Waals surface area contributed by atoms with Crippen molar-refractivity contribution in [2.75, 3.05) is 33.6 Å². The molecule has 1 fully saturated rings. The van der Waals surface area contributed by atoms with Crippen molar-refractivity contribution in [3.8, 4) is 22.6 Å². The van der Waals surface area contributed by atoms with Crippen LogP contribution in [0.25, 0.3) is 11.1 Å². The van der Waals surface area contributed by atoms with Crippen LogP contribution in [0, 0.1) is 0 Å². The molecule has 2 atom stereocenters. The normalized spacial score (nSPS) is 21.5. The second-order valence-corrected chi connectivity index (χ2v) is 7.95. The number of hydrogen-bond acceptors (Lipinski definition) is 4. The van der Waals surface area contributed by atoms with Crippen LogP contribution in [0.3, 0.4) is 0 Å². The van der Waals surface area contributed by atoms with Gasteiger partial charge in [0.05, 0.1) is 12.6 Å². The maximum absolute atomic E-state index is 5.69. The first kappa shape index (κ1) is 17.8. The Kier molecular flexibility index (Phi) is 4.61. The van der Waals surface area contributed by atoms with Gasteiger partial charge < -0.3 is 24.4 Å². The molecule has 0 amide bonds. The van der Waals surface area contributed by atoms with Gasteiger partial charge in [0.1, 0.15) is 0 Å². The summed E-state index contributed by atoms with van der Waals surface area (Å²) >= 11 is 5.69. The van der Waals surface area contributed by atoms with Crippen molar-refractivity contribution in [2.24, 2.45) is 0 Å². The summed E-state index contributed by atoms with van der Waals surface area (Å²) < 4.78 is 16.1. The average Bonchev–Trinajstić information content (AvgIpc) is 3.30. The molecule has 1 aliphatic carbocycles. The lowest BCUT2D eigenvalue weighted by Gasteiger charge is -2.36. The number of hydrogen-bond donors (Lipinski definition) is 1. The van der Waals surface area contributed by atoms with Crippen molar-refractivity contribution >= 4 is 17.3 Å². The van der Waals surface area contributed by atoms with E-state index in [2.05, 4.69) is 40.5 Å². The van der Waals surface area contributed by atoms with Gasteiger partial charge in [-0.1, -0.05) is 18.2 Å². The third kappa shape index (κ3) is 3.01. The minimum atomic E-state index is 0.301. The summed E-state index contributed by atoms with van der Waals surface area (Å²) in [5.74, 6) is 2.28. The predicted octanol–water partition coefficient (Wildman–Crippen LogP) is 3.84. The Hall–Kier alpha value is -2.31. The van der Waals surface area contributed by atoms with Crippen molar-refractivity contribution in [1.82, 2.24) is 10.2 Å². The van der Waals surface area contributed by atoms with E-state index in [9.17, 15) is 0 Å². The summed E-state index contributed by atoms with van der Waals surface area (Å²) in [5.41, 5.74) is 5.26. The van der Waals surface area contributed by atoms with E-state index in [4.69, 9.17) is 26.4 Å². The zero-order valence-electron chi connectivity index (χ0n) is 15.9. The van der Waals surface area contributed by atoms with Crippen LogP contribution in [-0.2, 0) is 4.74 Å². The van der Waals surface area contributed by atoms with E-state index in [0.717, 1.165) is 48.1 Å². The lowest BCUT2D eigenvalue weighted by Crippen LogP contribution is -2.44. The van der Waals surface area contributed by atoms with Crippen LogP contribution >= 0.6 is 12.2 Å². The fourth-order valence-corrected chi connectivity index (χ4v) is 4.96. The Morgan fingerprint density at radius 2 is 1.96 bits per heavy atom. The second kappa shape index (κ2) is 7.26. The fourth-order valence-electron chi connectivity index (χ4n) is 4.64. The fraction of sp³-hybridized carbons (Fsp3) is 0.409. The van der Waals surface area contributed by atoms with Gasteiger partial charge >= 0.3 is 0 Å². The van der Waals surface area contributed by atoms with Crippen molar-refractivity contribution < 1.29 is 14.2 Å². The SMILES string of the molecule is COCCNC(=S)N1CC[C@@H]2C[C@@H]1c1cc(-c3ccc4c(c3)OCO4)ccc12. The van der Waals surface area contributed by atoms with Gasteiger partial charge in [0.15, 0.2) is 16.6 Å². The number of nitrogens with zero attached hydrogens (tertiary/aromatic N) is 1. The largest absolute Gasteiger partial charge is 0.454 e. The second-order valence-electron chi connectivity index (χ2n) is 7.57. The van der Waals surface area contributed by atoms with Crippen LogP contribution in [-0.4, -0.2) is 43.6 Å². The predicted molar refractivity (Wildman–Crippen MR) is 112 cm³/mol. The number of nitrogens with one attached hydrogen (secondary N) is 1. The van der Waals surface area contributed by atoms with E-state index in [0.29, 0.717) is 25.4 Å². The Labute approximate surface area is 170 Å². The maximum atomic E-state index is 5.69. The average molecular weight is 397 g/mol. The molecule has 2 aromatic carbocycles. The molecule has 28 heavy (non-hydrogen) atoms. The van der Waals surface area contributed by atoms with Crippen LogP contribution in [0.4, 0.5) is 0 Å². The molecule has 5 nitrogen and oxygen atoms in total. The number of likely N-dealkylation sites (tertiary alicyclic amines) is 1. The number of benzene rings is 2. The first-order valence-electron chi connectivity index (χ1n) is 9.82. The highest BCUT2D eigenvalue weighted by Crippen LogP contribution is 2.50. The van der Waals surface area contributed by atoms with Gasteiger partial charge in [-0.2, -0.15) is 0 Å². The highest BCUT2D eigenvalue weighted by Gasteiger charge is 2.39. The van der Waals surface area contributed by atoms with Crippen molar-refractivity contribution in [3.63, 3.8) is 0 Å². The topological polar surface area (TPSA) is 43.0 Å². The molecule has 2 aliphatic heterocycles. The minimum absolute atomic E-state index is 0.301. The molecule has 146 valence electrons. The van der Waals surface area contributed by atoms with Gasteiger partial charge in [0, 0.05) is 20.2 Å². The summed E-state index contributed by atoms with van der Waals surface area (Å²) in [5, 5.41) is 4.18. The van der Waals surface area contributed by atoms with Gasteiger partial charge in [-0.3, -0.25) is 0 Å². The molecule has 5 rings (SSSR count). The van der Waals surface area contributed by atoms with Gasteiger partial charge in [0.2, 0.25) is 6.79 Å². The van der Waals surface area contributed by atoms with E-state index in [1.807, 2.05) is 6.07 Å². The quantitative estimate of drug-likeness (QED) is 0.626. The Balaban J connectivity index is 1.43. The van der Waals surface area contributed by atoms with E-state index < -0.39 is 0 Å². The minimum Gasteiger partial charge on any atom is -0.454 e. The smallest absolute Gasteiger partial charge is 0.231 e. The van der Waals surface area contributed by atoms with Gasteiger partial charge in [0.25, 0.3) is 0 Å². The molecule has 1 saturated heterocycles. The first-order valence-corrected chi connectivity index (χ1v) is 10.2. The molecule has 2 bridgehead atoms. The highest BCUT2D eigenvalue weighted by molar-refractivity contribution is 7.80. The summed E-state index contributed by atoms with van der Waals surface area (Å²) in [6.45, 7) is 2.70. The van der Waals surface area contributed by atoms with Gasteiger partial charge in [-0.15, -0.1) is 0 Å². The summed E-state index contributed by atoms with van der Waals surface area (Å²) in [7, 11) is 1.71. The number of ether oxygens (including phenoxy) is 3. The van der Waals surface area contributed by atoms with Crippen molar-refractivity contribution in [2.45, 2.75) is 24.8 Å². The third-order valence-electron chi connectivity index (χ3n) is 6.04. The van der Waals surface area contributed by atoms with Crippen LogP contribution in [0.2, 0.25) is 0 Å². The van der Waals surface area contributed by atoms with E-state index in [1.165, 1.54) is 16.7 Å². The van der Waals surface area contributed by atoms with Gasteiger partial charge in [-0.05, 0) is 71.4 Å². The Morgan fingerprint density at radius 1 is 1.14 bits per heavy atom. The molecule has 1 N–H and O–H groups in total. The molecule has 0 radical (unpaired) electrons. The number of thiocarbonyl (C=S) groups is 1. The standard InChI is InChI=1S/C22H24N2O3S/c1-25-9-7-23-22(28)24-8-6-16-11-19(24)18-10-14(2-4-17(16)18)15-3-5-20-21(12-15)27-13-26-20/h2-5,10,12,16,19H,6-9,11,13H2,1H3,(H,23,28)/t16-,19-/m1/s1. The molecule has 2 aromatic rings. The molecule has 3 aliphatic rings. The van der Waals surface area contributed by atoms with Crippen LogP contribution in [0.5, 0.6) is 11.5 Å². The van der Waals surface area contributed by atoms with Crippen LogP contribution in [0.1, 0.15) is 35.9 Å². The van der Waals surface area contributed by atoms with Crippen molar-refractivity contribution in [3.05, 3.63) is 47.5 Å². The lowest BCUT2D eigenvalue weighted by atomic mass is 9.95. The zero-order valence-corrected chi connectivity index (χ0v) is 16.8.